The highest BCUT2D eigenvalue weighted by atomic mass is 16.2. The molecule has 23 heavy (non-hydrogen) atoms. The molecular weight excluding hydrogens is 296 g/mol. The monoisotopic (exact) mass is 318 g/mol. The summed E-state index contributed by atoms with van der Waals surface area (Å²) in [5.74, 6) is -0.616. The largest absolute Gasteiger partial charge is 0.358 e. The first-order valence-electron chi connectivity index (χ1n) is 7.58. The van der Waals surface area contributed by atoms with Gasteiger partial charge in [0.1, 0.15) is 0 Å². The number of benzene rings is 1. The summed E-state index contributed by atoms with van der Waals surface area (Å²) in [4.78, 5) is 37.1. The Morgan fingerprint density at radius 3 is 2.43 bits per heavy atom. The molecule has 0 radical (unpaired) electrons. The van der Waals surface area contributed by atoms with Crippen LogP contribution in [-0.2, 0) is 9.59 Å². The van der Waals surface area contributed by atoms with E-state index in [0.717, 1.165) is 12.8 Å². The van der Waals surface area contributed by atoms with E-state index in [1.165, 1.54) is 0 Å². The quantitative estimate of drug-likeness (QED) is 0.670. The van der Waals surface area contributed by atoms with Gasteiger partial charge in [0, 0.05) is 13.1 Å². The average molecular weight is 318 g/mol. The maximum Gasteiger partial charge on any atom is 0.253 e. The number of nitrogens with one attached hydrogen (secondary N) is 3. The third kappa shape index (κ3) is 5.37. The zero-order valence-corrected chi connectivity index (χ0v) is 13.4. The SMILES string of the molecule is CNC(=O)CN(C)CC(=O)Nc1ccccc1C(=O)NC1CC1. The second-order valence-corrected chi connectivity index (χ2v) is 5.69. The summed E-state index contributed by atoms with van der Waals surface area (Å²) < 4.78 is 0. The molecular formula is C16H22N4O3. The summed E-state index contributed by atoms with van der Waals surface area (Å²) in [5, 5.41) is 8.14. The molecule has 3 N–H and O–H groups in total. The number of likely N-dealkylation sites (N-methyl/N-ethyl adjacent to an activating group) is 2. The zero-order chi connectivity index (χ0) is 16.8. The Morgan fingerprint density at radius 1 is 1.13 bits per heavy atom. The van der Waals surface area contributed by atoms with Crippen LogP contribution < -0.4 is 16.0 Å². The molecule has 7 heteroatoms. The molecule has 1 saturated carbocycles. The molecule has 1 fully saturated rings. The second kappa shape index (κ2) is 7.73. The van der Waals surface area contributed by atoms with Gasteiger partial charge in [-0.3, -0.25) is 19.3 Å². The van der Waals surface area contributed by atoms with E-state index in [-0.39, 0.29) is 36.9 Å². The Bertz CT molecular complexity index is 599. The van der Waals surface area contributed by atoms with Crippen LogP contribution in [0.3, 0.4) is 0 Å². The van der Waals surface area contributed by atoms with E-state index in [9.17, 15) is 14.4 Å². The molecule has 1 aromatic carbocycles. The third-order valence-corrected chi connectivity index (χ3v) is 3.46. The van der Waals surface area contributed by atoms with Crippen LogP contribution in [0.4, 0.5) is 5.69 Å². The molecule has 0 aromatic heterocycles. The maximum atomic E-state index is 12.2. The highest BCUT2D eigenvalue weighted by molar-refractivity contribution is 6.04. The fourth-order valence-electron chi connectivity index (χ4n) is 2.10. The van der Waals surface area contributed by atoms with Gasteiger partial charge in [0.25, 0.3) is 5.91 Å². The number of nitrogens with zero attached hydrogens (tertiary/aromatic N) is 1. The van der Waals surface area contributed by atoms with E-state index >= 15 is 0 Å². The molecule has 7 nitrogen and oxygen atoms in total. The molecule has 0 spiro atoms. The van der Waals surface area contributed by atoms with Crippen LogP contribution in [0.5, 0.6) is 0 Å². The molecule has 0 bridgehead atoms. The first kappa shape index (κ1) is 17.0. The van der Waals surface area contributed by atoms with E-state index in [1.807, 2.05) is 0 Å². The van der Waals surface area contributed by atoms with Crippen LogP contribution in [0.25, 0.3) is 0 Å². The summed E-state index contributed by atoms with van der Waals surface area (Å²) >= 11 is 0. The average Bonchev–Trinajstić information content (AvgIpc) is 3.31. The van der Waals surface area contributed by atoms with Gasteiger partial charge >= 0.3 is 0 Å². The summed E-state index contributed by atoms with van der Waals surface area (Å²) in [7, 11) is 3.23. The number of para-hydroxylation sites is 1. The summed E-state index contributed by atoms with van der Waals surface area (Å²) in [6, 6.07) is 7.15. The van der Waals surface area contributed by atoms with E-state index in [1.54, 1.807) is 43.3 Å². The molecule has 2 rings (SSSR count). The van der Waals surface area contributed by atoms with Gasteiger partial charge in [-0.1, -0.05) is 12.1 Å². The molecule has 0 aliphatic heterocycles. The van der Waals surface area contributed by atoms with Crippen LogP contribution in [0, 0.1) is 0 Å². The third-order valence-electron chi connectivity index (χ3n) is 3.46. The molecule has 0 heterocycles. The lowest BCUT2D eigenvalue weighted by Gasteiger charge is -2.16. The number of carbonyl (C=O) groups excluding carboxylic acids is 3. The molecule has 3 amide bonds. The summed E-state index contributed by atoms with van der Waals surface area (Å²) in [6.07, 6.45) is 2.01. The van der Waals surface area contributed by atoms with Gasteiger partial charge in [-0.2, -0.15) is 0 Å². The summed E-state index contributed by atoms with van der Waals surface area (Å²) in [6.45, 7) is 0.194. The van der Waals surface area contributed by atoms with Crippen molar-refractivity contribution in [3.8, 4) is 0 Å². The van der Waals surface area contributed by atoms with Crippen molar-refractivity contribution in [2.45, 2.75) is 18.9 Å². The van der Waals surface area contributed by atoms with Gasteiger partial charge in [0.05, 0.1) is 24.3 Å². The molecule has 0 saturated heterocycles. The van der Waals surface area contributed by atoms with Gasteiger partial charge in [-0.25, -0.2) is 0 Å². The molecule has 0 unspecified atom stereocenters. The predicted molar refractivity (Wildman–Crippen MR) is 87.1 cm³/mol. The topological polar surface area (TPSA) is 90.5 Å². The second-order valence-electron chi connectivity index (χ2n) is 5.69. The minimum Gasteiger partial charge on any atom is -0.358 e. The zero-order valence-electron chi connectivity index (χ0n) is 13.4. The number of rotatable bonds is 7. The lowest BCUT2D eigenvalue weighted by molar-refractivity contribution is -0.122. The van der Waals surface area contributed by atoms with Gasteiger partial charge in [0.2, 0.25) is 11.8 Å². The maximum absolute atomic E-state index is 12.2. The van der Waals surface area contributed by atoms with Crippen molar-refractivity contribution in [1.82, 2.24) is 15.5 Å². The Labute approximate surface area is 135 Å². The van der Waals surface area contributed by atoms with E-state index in [2.05, 4.69) is 16.0 Å². The van der Waals surface area contributed by atoms with Gasteiger partial charge in [0.15, 0.2) is 0 Å². The fraction of sp³-hybridized carbons (Fsp3) is 0.438. The van der Waals surface area contributed by atoms with E-state index in [4.69, 9.17) is 0 Å². The summed E-state index contributed by atoms with van der Waals surface area (Å²) in [5.41, 5.74) is 0.922. The molecule has 1 aliphatic rings. The highest BCUT2D eigenvalue weighted by Crippen LogP contribution is 2.21. The Morgan fingerprint density at radius 2 is 1.78 bits per heavy atom. The minimum absolute atomic E-state index is 0.0615. The Kier molecular flexibility index (Phi) is 5.70. The first-order valence-corrected chi connectivity index (χ1v) is 7.58. The van der Waals surface area contributed by atoms with Crippen LogP contribution in [0.15, 0.2) is 24.3 Å². The number of hydrogen-bond acceptors (Lipinski definition) is 4. The fourth-order valence-corrected chi connectivity index (χ4v) is 2.10. The first-order chi connectivity index (χ1) is 11.0. The highest BCUT2D eigenvalue weighted by Gasteiger charge is 2.25. The molecule has 1 aromatic rings. The van der Waals surface area contributed by atoms with Crippen molar-refractivity contribution in [3.63, 3.8) is 0 Å². The van der Waals surface area contributed by atoms with Crippen LogP contribution in [0.2, 0.25) is 0 Å². The standard InChI is InChI=1S/C16H22N4O3/c1-17-14(21)9-20(2)10-15(22)19-13-6-4-3-5-12(13)16(23)18-11-7-8-11/h3-6,11H,7-10H2,1-2H3,(H,17,21)(H,18,23)(H,19,22). The normalized spacial score (nSPS) is 13.5. The molecule has 124 valence electrons. The molecule has 1 aliphatic carbocycles. The number of amides is 3. The van der Waals surface area contributed by atoms with Crippen molar-refractivity contribution >= 4 is 23.4 Å². The predicted octanol–water partition coefficient (Wildman–Crippen LogP) is 0.195. The van der Waals surface area contributed by atoms with Crippen molar-refractivity contribution in [1.29, 1.82) is 0 Å². The number of hydrogen-bond donors (Lipinski definition) is 3. The van der Waals surface area contributed by atoms with Gasteiger partial charge in [-0.15, -0.1) is 0 Å². The minimum atomic E-state index is -0.275. The van der Waals surface area contributed by atoms with E-state index < -0.39 is 0 Å². The van der Waals surface area contributed by atoms with Gasteiger partial charge in [-0.05, 0) is 32.0 Å². The number of carbonyl (C=O) groups is 3. The van der Waals surface area contributed by atoms with E-state index in [0.29, 0.717) is 11.3 Å². The number of anilines is 1. The van der Waals surface area contributed by atoms with Crippen LogP contribution >= 0.6 is 0 Å². The van der Waals surface area contributed by atoms with Crippen molar-refractivity contribution in [3.05, 3.63) is 29.8 Å². The smallest absolute Gasteiger partial charge is 0.253 e. The van der Waals surface area contributed by atoms with Crippen molar-refractivity contribution < 1.29 is 14.4 Å². The molecule has 0 atom stereocenters. The van der Waals surface area contributed by atoms with Crippen molar-refractivity contribution in [2.24, 2.45) is 0 Å². The Balaban J connectivity index is 1.94. The van der Waals surface area contributed by atoms with Crippen LogP contribution in [0.1, 0.15) is 23.2 Å². The Hall–Kier alpha value is -2.41. The lowest BCUT2D eigenvalue weighted by atomic mass is 10.1. The van der Waals surface area contributed by atoms with Gasteiger partial charge < -0.3 is 16.0 Å². The lowest BCUT2D eigenvalue weighted by Crippen LogP contribution is -2.38. The van der Waals surface area contributed by atoms with Crippen LogP contribution in [-0.4, -0.2) is 55.8 Å². The van der Waals surface area contributed by atoms with Crippen molar-refractivity contribution in [2.75, 3.05) is 32.5 Å².